The van der Waals surface area contributed by atoms with Crippen LogP contribution in [0.2, 0.25) is 0 Å². The molecule has 3 N–H and O–H groups in total. The fourth-order valence-electron chi connectivity index (χ4n) is 4.66. The van der Waals surface area contributed by atoms with Gasteiger partial charge in [0.1, 0.15) is 18.1 Å². The zero-order valence-electron chi connectivity index (χ0n) is 19.5. The molecule has 2 saturated heterocycles. The van der Waals surface area contributed by atoms with Gasteiger partial charge in [-0.15, -0.1) is 0 Å². The minimum absolute atomic E-state index is 0.0915. The number of carbonyl (C=O) groups excluding carboxylic acids is 5. The van der Waals surface area contributed by atoms with Gasteiger partial charge < -0.3 is 25.6 Å². The Morgan fingerprint density at radius 1 is 1.09 bits per heavy atom. The van der Waals surface area contributed by atoms with Gasteiger partial charge >= 0.3 is 5.97 Å². The molecule has 0 unspecified atom stereocenters. The lowest BCUT2D eigenvalue weighted by Crippen LogP contribution is -2.57. The summed E-state index contributed by atoms with van der Waals surface area (Å²) in [6.07, 6.45) is 3.35. The van der Waals surface area contributed by atoms with E-state index in [1.165, 1.54) is 14.0 Å². The van der Waals surface area contributed by atoms with Gasteiger partial charge in [0, 0.05) is 19.4 Å². The van der Waals surface area contributed by atoms with Gasteiger partial charge in [0.2, 0.25) is 23.6 Å². The lowest BCUT2D eigenvalue weighted by Gasteiger charge is -2.31. The lowest BCUT2D eigenvalue weighted by atomic mass is 10.0. The number of hydrogen-bond acceptors (Lipinski definition) is 6. The first kappa shape index (κ1) is 25.2. The standard InChI is InChI=1S/C24H32N4O6/c1-15(29)25-14-21(30)26-18-10-6-9-17-11-12-20(28(17)23(18)32)22(31)27-19(24(33)34-2)13-16-7-4-3-5-8-16/h3-5,7-8,17-20H,6,9-14H2,1-2H3,(H,25,29)(H,26,30)(H,27,31)/t17-,18-,19-,20-/m0/s1. The van der Waals surface area contributed by atoms with Gasteiger partial charge in [0.05, 0.1) is 13.7 Å². The summed E-state index contributed by atoms with van der Waals surface area (Å²) in [6, 6.07) is 6.83. The van der Waals surface area contributed by atoms with E-state index in [-0.39, 0.29) is 30.8 Å². The van der Waals surface area contributed by atoms with Gasteiger partial charge in [-0.05, 0) is 37.7 Å². The molecule has 0 aliphatic carbocycles. The molecule has 0 radical (unpaired) electrons. The lowest BCUT2D eigenvalue weighted by molar-refractivity contribution is -0.147. The molecule has 4 amide bonds. The molecule has 10 heteroatoms. The Kier molecular flexibility index (Phi) is 8.61. The number of ether oxygens (including phenoxy) is 1. The molecule has 10 nitrogen and oxygen atoms in total. The number of nitrogens with one attached hydrogen (secondary N) is 3. The predicted octanol–water partition coefficient (Wildman–Crippen LogP) is 0.0513. The van der Waals surface area contributed by atoms with Crippen molar-refractivity contribution in [1.82, 2.24) is 20.9 Å². The number of carbonyl (C=O) groups is 5. The van der Waals surface area contributed by atoms with E-state index < -0.39 is 35.9 Å². The highest BCUT2D eigenvalue weighted by molar-refractivity contribution is 5.95. The predicted molar refractivity (Wildman–Crippen MR) is 122 cm³/mol. The fourth-order valence-corrected chi connectivity index (χ4v) is 4.66. The third-order valence-electron chi connectivity index (χ3n) is 6.31. The van der Waals surface area contributed by atoms with E-state index in [2.05, 4.69) is 16.0 Å². The van der Waals surface area contributed by atoms with Crippen LogP contribution in [0.3, 0.4) is 0 Å². The molecule has 1 aromatic carbocycles. The molecule has 0 spiro atoms. The van der Waals surface area contributed by atoms with E-state index in [1.54, 1.807) is 4.90 Å². The molecule has 34 heavy (non-hydrogen) atoms. The van der Waals surface area contributed by atoms with Crippen LogP contribution < -0.4 is 16.0 Å². The smallest absolute Gasteiger partial charge is 0.328 e. The first-order valence-electron chi connectivity index (χ1n) is 11.6. The van der Waals surface area contributed by atoms with Crippen LogP contribution in [0.15, 0.2) is 30.3 Å². The van der Waals surface area contributed by atoms with Crippen LogP contribution in [-0.2, 0) is 35.1 Å². The van der Waals surface area contributed by atoms with Crippen molar-refractivity contribution in [1.29, 1.82) is 0 Å². The fraction of sp³-hybridized carbons (Fsp3) is 0.542. The van der Waals surface area contributed by atoms with E-state index in [1.807, 2.05) is 30.3 Å². The zero-order chi connectivity index (χ0) is 24.7. The normalized spacial score (nSPS) is 22.7. The van der Waals surface area contributed by atoms with E-state index >= 15 is 0 Å². The van der Waals surface area contributed by atoms with Gasteiger partial charge in [0.25, 0.3) is 0 Å². The van der Waals surface area contributed by atoms with Crippen LogP contribution >= 0.6 is 0 Å². The third-order valence-corrected chi connectivity index (χ3v) is 6.31. The SMILES string of the molecule is COC(=O)[C@H](Cc1ccccc1)NC(=O)[C@@H]1CC[C@@H]2CCC[C@H](NC(=O)CNC(C)=O)C(=O)N21. The summed E-state index contributed by atoms with van der Waals surface area (Å²) in [5, 5.41) is 7.88. The van der Waals surface area contributed by atoms with Crippen molar-refractivity contribution >= 4 is 29.6 Å². The summed E-state index contributed by atoms with van der Waals surface area (Å²) in [7, 11) is 1.27. The zero-order valence-corrected chi connectivity index (χ0v) is 19.5. The first-order chi connectivity index (χ1) is 16.3. The molecule has 2 heterocycles. The van der Waals surface area contributed by atoms with Crippen molar-refractivity contribution < 1.29 is 28.7 Å². The van der Waals surface area contributed by atoms with Gasteiger partial charge in [0.15, 0.2) is 0 Å². The van der Waals surface area contributed by atoms with Crippen LogP contribution in [0.5, 0.6) is 0 Å². The Hall–Kier alpha value is -3.43. The van der Waals surface area contributed by atoms with E-state index in [0.29, 0.717) is 19.3 Å². The molecule has 4 atom stereocenters. The molecule has 0 saturated carbocycles. The molecule has 3 rings (SSSR count). The minimum Gasteiger partial charge on any atom is -0.467 e. The second kappa shape index (κ2) is 11.6. The maximum absolute atomic E-state index is 13.3. The van der Waals surface area contributed by atoms with Crippen molar-refractivity contribution in [2.24, 2.45) is 0 Å². The molecule has 2 aliphatic heterocycles. The number of hydrogen-bond donors (Lipinski definition) is 3. The average Bonchev–Trinajstić information content (AvgIpc) is 3.19. The highest BCUT2D eigenvalue weighted by Crippen LogP contribution is 2.32. The Morgan fingerprint density at radius 3 is 2.50 bits per heavy atom. The topological polar surface area (TPSA) is 134 Å². The van der Waals surface area contributed by atoms with Gasteiger partial charge in [-0.1, -0.05) is 30.3 Å². The van der Waals surface area contributed by atoms with E-state index in [0.717, 1.165) is 18.4 Å². The van der Waals surface area contributed by atoms with E-state index in [4.69, 9.17) is 4.74 Å². The van der Waals surface area contributed by atoms with Gasteiger partial charge in [-0.2, -0.15) is 0 Å². The van der Waals surface area contributed by atoms with Crippen molar-refractivity contribution in [3.05, 3.63) is 35.9 Å². The average molecular weight is 473 g/mol. The summed E-state index contributed by atoms with van der Waals surface area (Å²) in [4.78, 5) is 63.7. The summed E-state index contributed by atoms with van der Waals surface area (Å²) in [5.41, 5.74) is 0.871. The number of fused-ring (bicyclic) bond motifs is 1. The Morgan fingerprint density at radius 2 is 1.82 bits per heavy atom. The number of rotatable bonds is 8. The summed E-state index contributed by atoms with van der Waals surface area (Å²) < 4.78 is 4.88. The molecule has 2 fully saturated rings. The van der Waals surface area contributed by atoms with Crippen LogP contribution in [0.1, 0.15) is 44.6 Å². The Labute approximate surface area is 198 Å². The maximum atomic E-state index is 13.3. The highest BCUT2D eigenvalue weighted by atomic mass is 16.5. The number of esters is 1. The molecule has 2 aliphatic rings. The van der Waals surface area contributed by atoms with Crippen molar-refractivity contribution in [2.75, 3.05) is 13.7 Å². The second-order valence-electron chi connectivity index (χ2n) is 8.73. The molecule has 1 aromatic rings. The summed E-state index contributed by atoms with van der Waals surface area (Å²) in [5.74, 6) is -2.08. The Balaban J connectivity index is 1.70. The number of benzene rings is 1. The first-order valence-corrected chi connectivity index (χ1v) is 11.6. The van der Waals surface area contributed by atoms with Crippen LogP contribution in [0, 0.1) is 0 Å². The van der Waals surface area contributed by atoms with Crippen LogP contribution in [0.25, 0.3) is 0 Å². The molecular weight excluding hydrogens is 440 g/mol. The minimum atomic E-state index is -0.880. The summed E-state index contributed by atoms with van der Waals surface area (Å²) in [6.45, 7) is 1.09. The van der Waals surface area contributed by atoms with Crippen LogP contribution in [0.4, 0.5) is 0 Å². The largest absolute Gasteiger partial charge is 0.467 e. The maximum Gasteiger partial charge on any atom is 0.328 e. The number of methoxy groups -OCH3 is 1. The quantitative estimate of drug-likeness (QED) is 0.458. The molecule has 0 aromatic heterocycles. The van der Waals surface area contributed by atoms with Crippen LogP contribution in [-0.4, -0.2) is 72.3 Å². The highest BCUT2D eigenvalue weighted by Gasteiger charge is 2.45. The van der Waals surface area contributed by atoms with Crippen molar-refractivity contribution in [2.45, 2.75) is 69.6 Å². The number of amides is 4. The van der Waals surface area contributed by atoms with Crippen molar-refractivity contribution in [3.8, 4) is 0 Å². The monoisotopic (exact) mass is 472 g/mol. The second-order valence-corrected chi connectivity index (χ2v) is 8.73. The van der Waals surface area contributed by atoms with E-state index in [9.17, 15) is 24.0 Å². The number of nitrogens with zero attached hydrogens (tertiary/aromatic N) is 1. The molecular formula is C24H32N4O6. The van der Waals surface area contributed by atoms with Gasteiger partial charge in [-0.25, -0.2) is 4.79 Å². The third kappa shape index (κ3) is 6.33. The Bertz CT molecular complexity index is 921. The van der Waals surface area contributed by atoms with Gasteiger partial charge in [-0.3, -0.25) is 19.2 Å². The summed E-state index contributed by atoms with van der Waals surface area (Å²) >= 11 is 0. The molecule has 0 bridgehead atoms. The molecule has 184 valence electrons. The van der Waals surface area contributed by atoms with Crippen molar-refractivity contribution in [3.63, 3.8) is 0 Å².